The molecule has 1 aliphatic carbocycles. The number of hydrogen-bond acceptors (Lipinski definition) is 4. The third-order valence-electron chi connectivity index (χ3n) is 3.56. The van der Waals surface area contributed by atoms with Crippen LogP contribution >= 0.6 is 0 Å². The first-order chi connectivity index (χ1) is 11.5. The van der Waals surface area contributed by atoms with Gasteiger partial charge in [-0.2, -0.15) is 0 Å². The van der Waals surface area contributed by atoms with Gasteiger partial charge in [-0.15, -0.1) is 0 Å². The van der Waals surface area contributed by atoms with Crippen molar-refractivity contribution in [2.75, 3.05) is 18.5 Å². The van der Waals surface area contributed by atoms with Crippen molar-refractivity contribution in [3.05, 3.63) is 24.3 Å². The number of nitrogens with one attached hydrogen (secondary N) is 2. The molecule has 1 aliphatic rings. The molecule has 2 amide bonds. The lowest BCUT2D eigenvalue weighted by Crippen LogP contribution is -2.29. The Bertz CT molecular complexity index is 598. The molecular formula is C17H22N2O5. The fraction of sp³-hybridized carbons (Fsp3) is 0.471. The SMILES string of the molecule is O=C(O)CCCCNC(=O)COc1cccc(NC(=O)C2CC2)c1. The van der Waals surface area contributed by atoms with E-state index in [2.05, 4.69) is 10.6 Å². The molecule has 130 valence electrons. The molecule has 2 rings (SSSR count). The maximum absolute atomic E-state index is 11.7. The third kappa shape index (κ3) is 6.68. The number of ether oxygens (including phenoxy) is 1. The molecular weight excluding hydrogens is 312 g/mol. The highest BCUT2D eigenvalue weighted by atomic mass is 16.5. The fourth-order valence-corrected chi connectivity index (χ4v) is 2.08. The summed E-state index contributed by atoms with van der Waals surface area (Å²) < 4.78 is 5.40. The van der Waals surface area contributed by atoms with Gasteiger partial charge in [0.1, 0.15) is 5.75 Å². The minimum atomic E-state index is -0.835. The molecule has 7 heteroatoms. The predicted molar refractivity (Wildman–Crippen MR) is 87.8 cm³/mol. The molecule has 0 atom stereocenters. The van der Waals surface area contributed by atoms with Crippen LogP contribution in [0.2, 0.25) is 0 Å². The van der Waals surface area contributed by atoms with Crippen LogP contribution in [0.4, 0.5) is 5.69 Å². The Labute approximate surface area is 140 Å². The third-order valence-corrected chi connectivity index (χ3v) is 3.56. The standard InChI is InChI=1S/C17H22N2O5/c20-15(18-9-2-1-6-16(21)22)11-24-14-5-3-4-13(10-14)19-17(23)12-7-8-12/h3-5,10,12H,1-2,6-9,11H2,(H,18,20)(H,19,23)(H,21,22). The molecule has 0 radical (unpaired) electrons. The van der Waals surface area contributed by atoms with E-state index in [1.165, 1.54) is 0 Å². The van der Waals surface area contributed by atoms with Crippen LogP contribution in [-0.4, -0.2) is 36.0 Å². The summed E-state index contributed by atoms with van der Waals surface area (Å²) in [6.45, 7) is 0.298. The van der Waals surface area contributed by atoms with Gasteiger partial charge in [-0.25, -0.2) is 0 Å². The lowest BCUT2D eigenvalue weighted by atomic mass is 10.2. The van der Waals surface area contributed by atoms with Crippen molar-refractivity contribution >= 4 is 23.5 Å². The number of carbonyl (C=O) groups excluding carboxylic acids is 2. The lowest BCUT2D eigenvalue weighted by molar-refractivity contribution is -0.137. The molecule has 1 aromatic carbocycles. The number of hydrogen-bond donors (Lipinski definition) is 3. The second-order valence-electron chi connectivity index (χ2n) is 5.78. The van der Waals surface area contributed by atoms with E-state index in [4.69, 9.17) is 9.84 Å². The summed E-state index contributed by atoms with van der Waals surface area (Å²) in [5.74, 6) is -0.451. The van der Waals surface area contributed by atoms with Gasteiger partial charge >= 0.3 is 5.97 Å². The second-order valence-corrected chi connectivity index (χ2v) is 5.78. The first-order valence-corrected chi connectivity index (χ1v) is 8.07. The van der Waals surface area contributed by atoms with Gasteiger partial charge in [-0.05, 0) is 37.8 Å². The van der Waals surface area contributed by atoms with Crippen molar-refractivity contribution < 1.29 is 24.2 Å². The van der Waals surface area contributed by atoms with Crippen LogP contribution < -0.4 is 15.4 Å². The zero-order valence-corrected chi connectivity index (χ0v) is 13.4. The number of benzene rings is 1. The van der Waals surface area contributed by atoms with E-state index < -0.39 is 5.97 Å². The van der Waals surface area contributed by atoms with Crippen molar-refractivity contribution in [3.8, 4) is 5.75 Å². The molecule has 0 aromatic heterocycles. The number of carboxylic acid groups (broad SMARTS) is 1. The monoisotopic (exact) mass is 334 g/mol. The van der Waals surface area contributed by atoms with Crippen molar-refractivity contribution in [2.45, 2.75) is 32.1 Å². The summed E-state index contributed by atoms with van der Waals surface area (Å²) in [5, 5.41) is 14.0. The molecule has 1 fully saturated rings. The van der Waals surface area contributed by atoms with Gasteiger partial charge in [-0.1, -0.05) is 6.07 Å². The van der Waals surface area contributed by atoms with E-state index in [-0.39, 0.29) is 30.8 Å². The minimum absolute atomic E-state index is 0.0197. The summed E-state index contributed by atoms with van der Waals surface area (Å²) in [5.41, 5.74) is 0.651. The summed E-state index contributed by atoms with van der Waals surface area (Å²) in [4.78, 5) is 33.7. The van der Waals surface area contributed by atoms with Crippen molar-refractivity contribution in [1.29, 1.82) is 0 Å². The van der Waals surface area contributed by atoms with Gasteiger partial charge in [0.05, 0.1) is 0 Å². The van der Waals surface area contributed by atoms with Crippen LogP contribution in [-0.2, 0) is 14.4 Å². The molecule has 7 nitrogen and oxygen atoms in total. The summed E-state index contributed by atoms with van der Waals surface area (Å²) in [7, 11) is 0. The molecule has 0 unspecified atom stereocenters. The Hall–Kier alpha value is -2.57. The Balaban J connectivity index is 1.66. The highest BCUT2D eigenvalue weighted by Gasteiger charge is 2.29. The normalized spacial score (nSPS) is 13.2. The summed E-state index contributed by atoms with van der Waals surface area (Å²) in [6.07, 6.45) is 3.12. The smallest absolute Gasteiger partial charge is 0.303 e. The molecule has 0 spiro atoms. The zero-order valence-electron chi connectivity index (χ0n) is 13.4. The number of anilines is 1. The van der Waals surface area contributed by atoms with Crippen molar-refractivity contribution in [1.82, 2.24) is 5.32 Å². The Morgan fingerprint density at radius 2 is 2.00 bits per heavy atom. The Morgan fingerprint density at radius 3 is 2.71 bits per heavy atom. The number of rotatable bonds is 10. The van der Waals surface area contributed by atoms with E-state index in [1.807, 2.05) is 0 Å². The van der Waals surface area contributed by atoms with Gasteiger partial charge in [0.2, 0.25) is 5.91 Å². The minimum Gasteiger partial charge on any atom is -0.484 e. The van der Waals surface area contributed by atoms with Crippen LogP contribution in [0.3, 0.4) is 0 Å². The highest BCUT2D eigenvalue weighted by molar-refractivity contribution is 5.94. The van der Waals surface area contributed by atoms with Crippen LogP contribution in [0.5, 0.6) is 5.75 Å². The molecule has 3 N–H and O–H groups in total. The average molecular weight is 334 g/mol. The van der Waals surface area contributed by atoms with Crippen LogP contribution in [0.25, 0.3) is 0 Å². The van der Waals surface area contributed by atoms with Crippen LogP contribution in [0, 0.1) is 5.92 Å². The van der Waals surface area contributed by atoms with Gasteiger partial charge in [0.25, 0.3) is 5.91 Å². The van der Waals surface area contributed by atoms with Gasteiger partial charge in [0, 0.05) is 30.6 Å². The van der Waals surface area contributed by atoms with E-state index >= 15 is 0 Å². The maximum Gasteiger partial charge on any atom is 0.303 e. The second kappa shape index (κ2) is 8.90. The average Bonchev–Trinajstić information content (AvgIpc) is 3.37. The molecule has 0 heterocycles. The van der Waals surface area contributed by atoms with E-state index in [0.717, 1.165) is 12.8 Å². The topological polar surface area (TPSA) is 105 Å². The number of aliphatic carboxylic acids is 1. The first-order valence-electron chi connectivity index (χ1n) is 8.07. The molecule has 0 aliphatic heterocycles. The zero-order chi connectivity index (χ0) is 17.4. The number of unbranched alkanes of at least 4 members (excludes halogenated alkanes) is 1. The van der Waals surface area contributed by atoms with Crippen molar-refractivity contribution in [2.24, 2.45) is 5.92 Å². The quantitative estimate of drug-likeness (QED) is 0.566. The van der Waals surface area contributed by atoms with E-state index in [1.54, 1.807) is 24.3 Å². The van der Waals surface area contributed by atoms with E-state index in [0.29, 0.717) is 30.8 Å². The van der Waals surface area contributed by atoms with Crippen molar-refractivity contribution in [3.63, 3.8) is 0 Å². The highest BCUT2D eigenvalue weighted by Crippen LogP contribution is 2.30. The summed E-state index contributed by atoms with van der Waals surface area (Å²) in [6, 6.07) is 6.92. The molecule has 24 heavy (non-hydrogen) atoms. The number of carboxylic acids is 1. The lowest BCUT2D eigenvalue weighted by Gasteiger charge is -2.09. The van der Waals surface area contributed by atoms with Gasteiger partial charge in [0.15, 0.2) is 6.61 Å². The van der Waals surface area contributed by atoms with Crippen LogP contribution in [0.15, 0.2) is 24.3 Å². The maximum atomic E-state index is 11.7. The molecule has 1 aromatic rings. The molecule has 0 saturated heterocycles. The summed E-state index contributed by atoms with van der Waals surface area (Å²) >= 11 is 0. The Kier molecular flexibility index (Phi) is 6.60. The number of carbonyl (C=O) groups is 3. The van der Waals surface area contributed by atoms with E-state index in [9.17, 15) is 14.4 Å². The Morgan fingerprint density at radius 1 is 1.21 bits per heavy atom. The fourth-order valence-electron chi connectivity index (χ4n) is 2.08. The number of amides is 2. The predicted octanol–water partition coefficient (Wildman–Crippen LogP) is 1.78. The van der Waals surface area contributed by atoms with Crippen LogP contribution in [0.1, 0.15) is 32.1 Å². The van der Waals surface area contributed by atoms with Gasteiger partial charge in [-0.3, -0.25) is 14.4 Å². The van der Waals surface area contributed by atoms with Gasteiger partial charge < -0.3 is 20.5 Å². The molecule has 0 bridgehead atoms. The first kappa shape index (κ1) is 17.8. The molecule has 1 saturated carbocycles. The largest absolute Gasteiger partial charge is 0.484 e.